The molecule has 3 N–H and O–H groups in total. The first kappa shape index (κ1) is 14.0. The number of anilines is 1. The van der Waals surface area contributed by atoms with E-state index in [-0.39, 0.29) is 17.4 Å². The molecule has 0 amide bonds. The molecule has 0 radical (unpaired) electrons. The molecule has 0 fully saturated rings. The molecule has 0 aliphatic rings. The lowest BCUT2D eigenvalue weighted by molar-refractivity contribution is 0.282. The molecule has 8 heteroatoms. The Balaban J connectivity index is 1.86. The van der Waals surface area contributed by atoms with Gasteiger partial charge in [-0.05, 0) is 23.6 Å². The molecular formula is C13H10ClFN4OS. The number of ether oxygens (including phenoxy) is 1. The molecule has 0 spiro atoms. The maximum absolute atomic E-state index is 13.7. The second-order valence-electron chi connectivity index (χ2n) is 4.11. The minimum absolute atomic E-state index is 0.00596. The summed E-state index contributed by atoms with van der Waals surface area (Å²) in [5.41, 5.74) is 2.52. The SMILES string of the molecule is NNc1nc(COc2cccc(Cl)c2F)nc2sccc12. The highest BCUT2D eigenvalue weighted by Gasteiger charge is 2.11. The molecular weight excluding hydrogens is 315 g/mol. The van der Waals surface area contributed by atoms with Crippen LogP contribution in [0, 0.1) is 5.82 Å². The van der Waals surface area contributed by atoms with Crippen LogP contribution in [0.5, 0.6) is 5.75 Å². The number of aromatic nitrogens is 2. The van der Waals surface area contributed by atoms with E-state index in [0.29, 0.717) is 11.6 Å². The minimum atomic E-state index is -0.603. The van der Waals surface area contributed by atoms with Crippen molar-refractivity contribution in [1.82, 2.24) is 9.97 Å². The summed E-state index contributed by atoms with van der Waals surface area (Å²) in [5, 5.41) is 2.73. The molecule has 3 aromatic rings. The van der Waals surface area contributed by atoms with Gasteiger partial charge in [0.2, 0.25) is 0 Å². The monoisotopic (exact) mass is 324 g/mol. The fourth-order valence-corrected chi connectivity index (χ4v) is 2.76. The Labute approximate surface area is 128 Å². The smallest absolute Gasteiger partial charge is 0.183 e. The van der Waals surface area contributed by atoms with E-state index in [1.165, 1.54) is 23.5 Å². The average Bonchev–Trinajstić information content (AvgIpc) is 2.96. The predicted octanol–water partition coefficient (Wildman–Crippen LogP) is 3.35. The molecule has 3 rings (SSSR count). The Bertz CT molecular complexity index is 795. The van der Waals surface area contributed by atoms with Crippen molar-refractivity contribution in [2.45, 2.75) is 6.61 Å². The van der Waals surface area contributed by atoms with Crippen molar-refractivity contribution in [3.05, 3.63) is 46.3 Å². The zero-order valence-corrected chi connectivity index (χ0v) is 12.2. The summed E-state index contributed by atoms with van der Waals surface area (Å²) in [6.45, 7) is 0.0137. The molecule has 2 aromatic heterocycles. The maximum Gasteiger partial charge on any atom is 0.183 e. The number of hydrogen-bond donors (Lipinski definition) is 2. The number of thiophene rings is 1. The second-order valence-corrected chi connectivity index (χ2v) is 5.41. The van der Waals surface area contributed by atoms with Crippen LogP contribution in [0.4, 0.5) is 10.2 Å². The van der Waals surface area contributed by atoms with Gasteiger partial charge < -0.3 is 10.2 Å². The summed E-state index contributed by atoms with van der Waals surface area (Å²) in [6, 6.07) is 6.43. The zero-order chi connectivity index (χ0) is 14.8. The number of nitrogen functional groups attached to an aromatic ring is 1. The van der Waals surface area contributed by atoms with Gasteiger partial charge in [0, 0.05) is 0 Å². The van der Waals surface area contributed by atoms with Gasteiger partial charge in [-0.3, -0.25) is 0 Å². The normalized spacial score (nSPS) is 10.8. The largest absolute Gasteiger partial charge is 0.482 e. The third-order valence-corrected chi connectivity index (χ3v) is 3.88. The Morgan fingerprint density at radius 2 is 2.19 bits per heavy atom. The van der Waals surface area contributed by atoms with Gasteiger partial charge in [0.15, 0.2) is 23.2 Å². The van der Waals surface area contributed by atoms with E-state index >= 15 is 0 Å². The van der Waals surface area contributed by atoms with E-state index in [4.69, 9.17) is 22.2 Å². The fourth-order valence-electron chi connectivity index (χ4n) is 1.81. The second kappa shape index (κ2) is 5.80. The zero-order valence-electron chi connectivity index (χ0n) is 10.6. The molecule has 0 aliphatic carbocycles. The lowest BCUT2D eigenvalue weighted by atomic mass is 10.3. The van der Waals surface area contributed by atoms with Crippen molar-refractivity contribution in [2.75, 3.05) is 5.43 Å². The van der Waals surface area contributed by atoms with Gasteiger partial charge >= 0.3 is 0 Å². The number of hydrogen-bond acceptors (Lipinski definition) is 6. The third kappa shape index (κ3) is 2.76. The Kier molecular flexibility index (Phi) is 3.87. The van der Waals surface area contributed by atoms with Gasteiger partial charge in [0.05, 0.1) is 10.4 Å². The van der Waals surface area contributed by atoms with Crippen LogP contribution in [0.1, 0.15) is 5.82 Å². The third-order valence-electron chi connectivity index (χ3n) is 2.78. The highest BCUT2D eigenvalue weighted by molar-refractivity contribution is 7.16. The molecule has 1 aromatic carbocycles. The number of hydrazine groups is 1. The number of rotatable bonds is 4. The summed E-state index contributed by atoms with van der Waals surface area (Å²) in [7, 11) is 0. The van der Waals surface area contributed by atoms with Crippen LogP contribution in [0.2, 0.25) is 5.02 Å². The number of fused-ring (bicyclic) bond motifs is 1. The van der Waals surface area contributed by atoms with Crippen LogP contribution >= 0.6 is 22.9 Å². The van der Waals surface area contributed by atoms with Crippen molar-refractivity contribution < 1.29 is 9.13 Å². The lowest BCUT2D eigenvalue weighted by Crippen LogP contribution is -2.11. The van der Waals surface area contributed by atoms with Gasteiger partial charge in [0.25, 0.3) is 0 Å². The first-order valence-corrected chi connectivity index (χ1v) is 7.22. The van der Waals surface area contributed by atoms with Gasteiger partial charge in [0.1, 0.15) is 11.4 Å². The Morgan fingerprint density at radius 3 is 3.00 bits per heavy atom. The summed E-state index contributed by atoms with van der Waals surface area (Å²) >= 11 is 7.16. The van der Waals surface area contributed by atoms with Gasteiger partial charge in [-0.15, -0.1) is 11.3 Å². The summed E-state index contributed by atoms with van der Waals surface area (Å²) in [6.07, 6.45) is 0. The van der Waals surface area contributed by atoms with Crippen molar-refractivity contribution in [1.29, 1.82) is 0 Å². The van der Waals surface area contributed by atoms with Gasteiger partial charge in [-0.2, -0.15) is 0 Å². The van der Waals surface area contributed by atoms with E-state index in [2.05, 4.69) is 15.4 Å². The van der Waals surface area contributed by atoms with E-state index < -0.39 is 5.82 Å². The first-order chi connectivity index (χ1) is 10.2. The number of nitrogens with one attached hydrogen (secondary N) is 1. The van der Waals surface area contributed by atoms with E-state index in [9.17, 15) is 4.39 Å². The summed E-state index contributed by atoms with van der Waals surface area (Å²) in [5.74, 6) is 5.80. The number of nitrogens with zero attached hydrogens (tertiary/aromatic N) is 2. The van der Waals surface area contributed by atoms with Crippen LogP contribution in [-0.2, 0) is 6.61 Å². The van der Waals surface area contributed by atoms with Crippen LogP contribution in [0.3, 0.4) is 0 Å². The highest BCUT2D eigenvalue weighted by Crippen LogP contribution is 2.26. The molecule has 0 saturated heterocycles. The molecule has 0 bridgehead atoms. The molecule has 5 nitrogen and oxygen atoms in total. The lowest BCUT2D eigenvalue weighted by Gasteiger charge is -2.08. The highest BCUT2D eigenvalue weighted by atomic mass is 35.5. The van der Waals surface area contributed by atoms with Crippen molar-refractivity contribution in [2.24, 2.45) is 5.84 Å². The summed E-state index contributed by atoms with van der Waals surface area (Å²) < 4.78 is 19.1. The minimum Gasteiger partial charge on any atom is -0.482 e. The molecule has 0 aliphatic heterocycles. The Hall–Kier alpha value is -1.96. The Morgan fingerprint density at radius 1 is 1.33 bits per heavy atom. The first-order valence-electron chi connectivity index (χ1n) is 5.96. The maximum atomic E-state index is 13.7. The van der Waals surface area contributed by atoms with Crippen molar-refractivity contribution >= 4 is 39.0 Å². The van der Waals surface area contributed by atoms with Gasteiger partial charge in [-0.1, -0.05) is 17.7 Å². The molecule has 0 unspecified atom stereocenters. The van der Waals surface area contributed by atoms with Crippen molar-refractivity contribution in [3.8, 4) is 5.75 Å². The predicted molar refractivity (Wildman–Crippen MR) is 81.0 cm³/mol. The van der Waals surface area contributed by atoms with E-state index in [1.54, 1.807) is 6.07 Å². The standard InChI is InChI=1S/C13H10ClFN4OS/c14-8-2-1-3-9(11(8)15)20-6-10-17-12(19-16)7-4-5-21-13(7)18-10/h1-5H,6,16H2,(H,17,18,19). The van der Waals surface area contributed by atoms with Crippen molar-refractivity contribution in [3.63, 3.8) is 0 Å². The number of nitrogens with two attached hydrogens (primary N) is 1. The molecule has 108 valence electrons. The fraction of sp³-hybridized carbons (Fsp3) is 0.0769. The average molecular weight is 325 g/mol. The van der Waals surface area contributed by atoms with Crippen LogP contribution in [0.15, 0.2) is 29.6 Å². The molecule has 21 heavy (non-hydrogen) atoms. The topological polar surface area (TPSA) is 73.1 Å². The number of benzene rings is 1. The number of halogens is 2. The molecule has 0 atom stereocenters. The molecule has 0 saturated carbocycles. The molecule has 2 heterocycles. The van der Waals surface area contributed by atoms with E-state index in [0.717, 1.165) is 10.2 Å². The van der Waals surface area contributed by atoms with Crippen LogP contribution in [-0.4, -0.2) is 9.97 Å². The van der Waals surface area contributed by atoms with Crippen LogP contribution in [0.25, 0.3) is 10.2 Å². The quantitative estimate of drug-likeness (QED) is 0.569. The summed E-state index contributed by atoms with van der Waals surface area (Å²) in [4.78, 5) is 9.36. The van der Waals surface area contributed by atoms with Crippen LogP contribution < -0.4 is 16.0 Å². The van der Waals surface area contributed by atoms with E-state index in [1.807, 2.05) is 11.4 Å². The van der Waals surface area contributed by atoms with Gasteiger partial charge in [-0.25, -0.2) is 20.2 Å².